The number of nitrogens with zero attached hydrogens (tertiary/aromatic N) is 1. The summed E-state index contributed by atoms with van der Waals surface area (Å²) in [5.41, 5.74) is 6.94. The van der Waals surface area contributed by atoms with Crippen LogP contribution in [0.15, 0.2) is 42.5 Å². The Bertz CT molecular complexity index is 905. The number of hydrogen-bond acceptors (Lipinski definition) is 6. The molecule has 128 valence electrons. The normalized spacial score (nSPS) is 10.5. The van der Waals surface area contributed by atoms with Gasteiger partial charge in [-0.2, -0.15) is 0 Å². The van der Waals surface area contributed by atoms with Crippen LogP contribution in [0.25, 0.3) is 10.9 Å². The molecule has 0 fully saturated rings. The van der Waals surface area contributed by atoms with E-state index in [4.69, 9.17) is 19.9 Å². The number of carbonyl (C=O) groups excluding carboxylic acids is 1. The fourth-order valence-corrected chi connectivity index (χ4v) is 2.52. The van der Waals surface area contributed by atoms with E-state index in [0.29, 0.717) is 23.1 Å². The second-order valence-electron chi connectivity index (χ2n) is 5.23. The summed E-state index contributed by atoms with van der Waals surface area (Å²) in [6.45, 7) is -0.0604. The van der Waals surface area contributed by atoms with Crippen LogP contribution < -0.4 is 20.2 Å². The van der Waals surface area contributed by atoms with Gasteiger partial charge in [0.05, 0.1) is 19.6 Å². The molecule has 0 bridgehead atoms. The zero-order valence-corrected chi connectivity index (χ0v) is 13.9. The molecule has 0 aliphatic rings. The number of nitrogens with one attached hydrogen (secondary N) is 1. The molecule has 0 spiro atoms. The van der Waals surface area contributed by atoms with Gasteiger partial charge in [-0.15, -0.1) is 4.98 Å². The van der Waals surface area contributed by atoms with Crippen LogP contribution in [0.2, 0.25) is 0 Å². The zero-order valence-electron chi connectivity index (χ0n) is 13.9. The molecule has 0 unspecified atom stereocenters. The average molecular weight is 340 g/mol. The van der Waals surface area contributed by atoms with Crippen molar-refractivity contribution in [2.24, 2.45) is 0 Å². The van der Waals surface area contributed by atoms with E-state index in [1.807, 2.05) is 24.3 Å². The van der Waals surface area contributed by atoms with Crippen LogP contribution in [0.1, 0.15) is 16.2 Å². The third-order valence-electron chi connectivity index (χ3n) is 3.70. The van der Waals surface area contributed by atoms with Crippen molar-refractivity contribution in [3.05, 3.63) is 53.9 Å². The number of carbonyl (C=O) groups is 1. The number of esters is 1. The Morgan fingerprint density at radius 1 is 1.08 bits per heavy atom. The monoisotopic (exact) mass is 340 g/mol. The molecule has 1 heterocycles. The molecular weight excluding hydrogens is 322 g/mol. The predicted molar refractivity (Wildman–Crippen MR) is 91.4 cm³/mol. The van der Waals surface area contributed by atoms with Gasteiger partial charge < -0.3 is 19.9 Å². The molecule has 7 nitrogen and oxygen atoms in total. The summed E-state index contributed by atoms with van der Waals surface area (Å²) in [6, 6.07) is 12.5. The summed E-state index contributed by atoms with van der Waals surface area (Å²) in [4.78, 5) is 19.8. The Hall–Kier alpha value is -3.35. The fourth-order valence-electron chi connectivity index (χ4n) is 2.52. The summed E-state index contributed by atoms with van der Waals surface area (Å²) in [7, 11) is 2.95. The van der Waals surface area contributed by atoms with Crippen LogP contribution in [0.4, 0.5) is 5.82 Å². The van der Waals surface area contributed by atoms with Crippen molar-refractivity contribution in [3.63, 3.8) is 0 Å². The number of nitrogen functional groups attached to an aromatic ring is 1. The maximum absolute atomic E-state index is 12.5. The van der Waals surface area contributed by atoms with Crippen molar-refractivity contribution in [1.29, 1.82) is 0 Å². The minimum Gasteiger partial charge on any atom is -0.496 e. The minimum absolute atomic E-state index is 0.0604. The molecule has 0 saturated carbocycles. The molecule has 3 aromatic rings. The number of ether oxygens (including phenoxy) is 3. The summed E-state index contributed by atoms with van der Waals surface area (Å²) in [5, 5.41) is 0.809. The van der Waals surface area contributed by atoms with Gasteiger partial charge >= 0.3 is 5.97 Å². The number of aromatic amines is 1. The number of anilines is 1. The van der Waals surface area contributed by atoms with Crippen molar-refractivity contribution in [1.82, 2.24) is 4.98 Å². The second-order valence-corrected chi connectivity index (χ2v) is 5.23. The smallest absolute Gasteiger partial charge is 0.346 e. The lowest BCUT2D eigenvalue weighted by Gasteiger charge is -2.11. The number of fused-ring (bicyclic) bond motifs is 1. The fraction of sp³-hybridized carbons (Fsp3) is 0.167. The molecule has 3 N–H and O–H groups in total. The third kappa shape index (κ3) is 3.30. The highest BCUT2D eigenvalue weighted by molar-refractivity contribution is 5.95. The Labute approximate surface area is 144 Å². The van der Waals surface area contributed by atoms with Crippen molar-refractivity contribution in [2.75, 3.05) is 20.0 Å². The summed E-state index contributed by atoms with van der Waals surface area (Å²) in [6.07, 6.45) is 0. The SMILES string of the molecule is COc1cccc(OC)c1C(=O)OCc1nc2ccccc2c(N)[nH+]1. The Balaban J connectivity index is 1.84. The first kappa shape index (κ1) is 16.5. The third-order valence-corrected chi connectivity index (χ3v) is 3.70. The zero-order chi connectivity index (χ0) is 17.8. The lowest BCUT2D eigenvalue weighted by atomic mass is 10.2. The minimum atomic E-state index is -0.573. The van der Waals surface area contributed by atoms with E-state index in [0.717, 1.165) is 10.9 Å². The highest BCUT2D eigenvalue weighted by Gasteiger charge is 2.21. The number of H-pyrrole nitrogens is 1. The molecule has 3 rings (SSSR count). The van der Waals surface area contributed by atoms with E-state index in [1.165, 1.54) is 14.2 Å². The van der Waals surface area contributed by atoms with E-state index < -0.39 is 5.97 Å². The van der Waals surface area contributed by atoms with Crippen molar-refractivity contribution in [3.8, 4) is 11.5 Å². The summed E-state index contributed by atoms with van der Waals surface area (Å²) >= 11 is 0. The van der Waals surface area contributed by atoms with Gasteiger partial charge in [-0.25, -0.2) is 9.78 Å². The molecule has 0 aliphatic heterocycles. The molecule has 0 atom stereocenters. The largest absolute Gasteiger partial charge is 0.496 e. The molecule has 1 aromatic heterocycles. The van der Waals surface area contributed by atoms with Gasteiger partial charge in [0.15, 0.2) is 12.1 Å². The number of benzene rings is 2. The standard InChI is InChI=1S/C18H17N3O4/c1-23-13-8-5-9-14(24-2)16(13)18(22)25-10-15-20-12-7-4-3-6-11(12)17(19)21-15/h3-9H,10H2,1-2H3,(H2,19,20,21)/p+1. The molecule has 2 aromatic carbocycles. The molecular formula is C18H18N3O4+. The Morgan fingerprint density at radius 2 is 1.76 bits per heavy atom. The van der Waals surface area contributed by atoms with Gasteiger partial charge in [0, 0.05) is 0 Å². The first-order valence-electron chi connectivity index (χ1n) is 7.58. The van der Waals surface area contributed by atoms with Gasteiger partial charge in [-0.05, 0) is 24.3 Å². The van der Waals surface area contributed by atoms with Crippen LogP contribution in [0, 0.1) is 0 Å². The van der Waals surface area contributed by atoms with E-state index >= 15 is 0 Å². The maximum Gasteiger partial charge on any atom is 0.346 e. The number of aromatic nitrogens is 2. The first-order valence-corrected chi connectivity index (χ1v) is 7.58. The lowest BCUT2D eigenvalue weighted by molar-refractivity contribution is -0.381. The Morgan fingerprint density at radius 3 is 2.44 bits per heavy atom. The second kappa shape index (κ2) is 7.04. The molecule has 0 amide bonds. The van der Waals surface area contributed by atoms with Crippen molar-refractivity contribution >= 4 is 22.7 Å². The predicted octanol–water partition coefficient (Wildman–Crippen LogP) is 2.01. The van der Waals surface area contributed by atoms with Gasteiger partial charge in [0.25, 0.3) is 5.82 Å². The van der Waals surface area contributed by atoms with Crippen molar-refractivity contribution < 1.29 is 24.0 Å². The van der Waals surface area contributed by atoms with Crippen molar-refractivity contribution in [2.45, 2.75) is 6.61 Å². The molecule has 0 aliphatic carbocycles. The highest BCUT2D eigenvalue weighted by Crippen LogP contribution is 2.29. The number of methoxy groups -OCH3 is 2. The lowest BCUT2D eigenvalue weighted by Crippen LogP contribution is -2.21. The number of hydrogen-bond donors (Lipinski definition) is 1. The molecule has 25 heavy (non-hydrogen) atoms. The van der Waals surface area contributed by atoms with E-state index in [1.54, 1.807) is 18.2 Å². The van der Waals surface area contributed by atoms with Gasteiger partial charge in [-0.3, -0.25) is 0 Å². The first-order chi connectivity index (χ1) is 12.1. The van der Waals surface area contributed by atoms with E-state index in [2.05, 4.69) is 9.97 Å². The van der Waals surface area contributed by atoms with Gasteiger partial charge in [-0.1, -0.05) is 18.2 Å². The van der Waals surface area contributed by atoms with Crippen LogP contribution in [-0.2, 0) is 11.3 Å². The van der Waals surface area contributed by atoms with Crippen LogP contribution in [0.3, 0.4) is 0 Å². The van der Waals surface area contributed by atoms with E-state index in [9.17, 15) is 4.79 Å². The highest BCUT2D eigenvalue weighted by atomic mass is 16.5. The number of para-hydroxylation sites is 1. The summed E-state index contributed by atoms with van der Waals surface area (Å²) < 4.78 is 15.8. The maximum atomic E-state index is 12.5. The van der Waals surface area contributed by atoms with Crippen LogP contribution >= 0.6 is 0 Å². The van der Waals surface area contributed by atoms with Gasteiger partial charge in [0.1, 0.15) is 17.1 Å². The molecule has 0 saturated heterocycles. The number of nitrogens with two attached hydrogens (primary N) is 1. The number of rotatable bonds is 5. The summed E-state index contributed by atoms with van der Waals surface area (Å²) in [5.74, 6) is 1.08. The molecule has 0 radical (unpaired) electrons. The Kier molecular flexibility index (Phi) is 4.65. The van der Waals surface area contributed by atoms with Crippen LogP contribution in [-0.4, -0.2) is 25.2 Å². The quantitative estimate of drug-likeness (QED) is 0.714. The molecule has 7 heteroatoms. The van der Waals surface area contributed by atoms with E-state index in [-0.39, 0.29) is 12.2 Å². The van der Waals surface area contributed by atoms with Crippen LogP contribution in [0.5, 0.6) is 11.5 Å². The topological polar surface area (TPSA) is 97.8 Å². The van der Waals surface area contributed by atoms with Gasteiger partial charge in [0.2, 0.25) is 5.82 Å². The average Bonchev–Trinajstić information content (AvgIpc) is 2.65.